The molecule has 1 aliphatic carbocycles. The van der Waals surface area contributed by atoms with Crippen LogP contribution in [0.4, 0.5) is 18.9 Å². The zero-order valence-electron chi connectivity index (χ0n) is 20.6. The minimum absolute atomic E-state index is 0.179. The number of pyridine rings is 1. The number of nitrogens with zero attached hydrogens (tertiary/aromatic N) is 4. The lowest BCUT2D eigenvalue weighted by molar-refractivity contribution is -0.137. The van der Waals surface area contributed by atoms with Gasteiger partial charge in [-0.3, -0.25) is 19.2 Å². The third-order valence-electron chi connectivity index (χ3n) is 6.48. The molecule has 1 atom stereocenters. The molecular weight excluding hydrogens is 513 g/mol. The number of alkyl halides is 3. The summed E-state index contributed by atoms with van der Waals surface area (Å²) in [6.07, 6.45) is 3.11. The van der Waals surface area contributed by atoms with E-state index >= 15 is 0 Å². The van der Waals surface area contributed by atoms with Crippen LogP contribution in [0.1, 0.15) is 34.6 Å². The van der Waals surface area contributed by atoms with Gasteiger partial charge in [0.2, 0.25) is 0 Å². The topological polar surface area (TPSA) is 98.2 Å². The van der Waals surface area contributed by atoms with Crippen molar-refractivity contribution in [3.8, 4) is 0 Å². The molecular formula is C27H27F3N6OS. The number of halogens is 3. The molecule has 198 valence electrons. The van der Waals surface area contributed by atoms with Crippen LogP contribution in [0.3, 0.4) is 0 Å². The Kier molecular flexibility index (Phi) is 8.17. The fourth-order valence-electron chi connectivity index (χ4n) is 4.63. The molecule has 0 amide bonds. The van der Waals surface area contributed by atoms with Gasteiger partial charge in [-0.05, 0) is 73.2 Å². The molecule has 11 heteroatoms. The maximum atomic E-state index is 14.2. The molecule has 4 rings (SSSR count). The van der Waals surface area contributed by atoms with Gasteiger partial charge in [-0.2, -0.15) is 18.3 Å². The molecule has 0 fully saturated rings. The number of Topliss-reactive ketones (excluding diaryl/α,β-unsaturated/α-hetero) is 1. The second-order valence-electron chi connectivity index (χ2n) is 9.02. The molecule has 3 aromatic rings. The highest BCUT2D eigenvalue weighted by molar-refractivity contribution is 7.78. The number of nitrogens with one attached hydrogen (secondary N) is 1. The van der Waals surface area contributed by atoms with Crippen LogP contribution < -0.4 is 10.5 Å². The Morgan fingerprint density at radius 2 is 2.00 bits per heavy atom. The number of rotatable bonds is 8. The molecule has 1 unspecified atom stereocenters. The smallest absolute Gasteiger partial charge is 0.404 e. The maximum Gasteiger partial charge on any atom is 0.416 e. The van der Waals surface area contributed by atoms with E-state index in [1.165, 1.54) is 18.3 Å². The SMILES string of the molecule is Cn1ccc(CC2(C(=O)c3ccccn3)CC(=CN)C(=Nc3ccc(C(F)(F)F)cc3)C=C2CCNS)n1. The number of aromatic nitrogens is 3. The summed E-state index contributed by atoms with van der Waals surface area (Å²) in [6.45, 7) is 0.462. The van der Waals surface area contributed by atoms with Crippen molar-refractivity contribution in [3.05, 3.63) is 101 Å². The Hall–Kier alpha value is -3.70. The Balaban J connectivity index is 1.85. The molecule has 0 saturated heterocycles. The van der Waals surface area contributed by atoms with Crippen molar-refractivity contribution in [1.82, 2.24) is 19.5 Å². The Labute approximate surface area is 223 Å². The van der Waals surface area contributed by atoms with Gasteiger partial charge in [-0.25, -0.2) is 4.99 Å². The summed E-state index contributed by atoms with van der Waals surface area (Å²) in [5, 5.41) is 4.52. The molecule has 2 heterocycles. The number of carbonyl (C=O) groups excluding carboxylic acids is 1. The van der Waals surface area contributed by atoms with E-state index in [1.54, 1.807) is 42.2 Å². The van der Waals surface area contributed by atoms with E-state index in [0.717, 1.165) is 23.4 Å². The van der Waals surface area contributed by atoms with Crippen LogP contribution >= 0.6 is 12.8 Å². The molecule has 38 heavy (non-hydrogen) atoms. The third-order valence-corrected chi connectivity index (χ3v) is 6.71. The molecule has 0 bridgehead atoms. The van der Waals surface area contributed by atoms with Crippen LogP contribution in [0, 0.1) is 5.41 Å². The summed E-state index contributed by atoms with van der Waals surface area (Å²) in [6, 6.07) is 11.6. The fraction of sp³-hybridized carbons (Fsp3) is 0.259. The zero-order valence-corrected chi connectivity index (χ0v) is 21.5. The number of ketones is 1. The lowest BCUT2D eigenvalue weighted by atomic mass is 9.63. The Morgan fingerprint density at radius 3 is 2.58 bits per heavy atom. The first-order valence-electron chi connectivity index (χ1n) is 11.9. The zero-order chi connectivity index (χ0) is 27.3. The normalized spacial score (nSPS) is 20.1. The van der Waals surface area contributed by atoms with Gasteiger partial charge >= 0.3 is 6.18 Å². The van der Waals surface area contributed by atoms with Crippen molar-refractivity contribution in [2.24, 2.45) is 23.2 Å². The first kappa shape index (κ1) is 27.3. The van der Waals surface area contributed by atoms with E-state index < -0.39 is 17.2 Å². The average Bonchev–Trinajstić information content (AvgIpc) is 3.32. The van der Waals surface area contributed by atoms with Gasteiger partial charge in [0.25, 0.3) is 0 Å². The Morgan fingerprint density at radius 1 is 1.24 bits per heavy atom. The lowest BCUT2D eigenvalue weighted by Crippen LogP contribution is -2.41. The maximum absolute atomic E-state index is 14.2. The number of carbonyl (C=O) groups is 1. The second-order valence-corrected chi connectivity index (χ2v) is 9.34. The number of benzene rings is 1. The highest BCUT2D eigenvalue weighted by Crippen LogP contribution is 2.46. The summed E-state index contributed by atoms with van der Waals surface area (Å²) in [5.41, 5.74) is 7.44. The largest absolute Gasteiger partial charge is 0.416 e. The van der Waals surface area contributed by atoms with E-state index in [0.29, 0.717) is 42.1 Å². The molecule has 7 nitrogen and oxygen atoms in total. The third kappa shape index (κ3) is 5.89. The standard InChI is InChI=1S/C27H27F3N6OS/c1-36-13-10-22(35-36)16-26(25(37)23-4-2-3-11-32-23)15-18(17-31)24(14-20(26)9-12-33-38)34-21-7-5-19(6-8-21)27(28,29)30/h2-8,10-11,13-14,17,33,38H,9,12,15-16,31H2,1H3. The second kappa shape index (κ2) is 11.4. The highest BCUT2D eigenvalue weighted by atomic mass is 32.1. The number of hydrogen-bond acceptors (Lipinski definition) is 7. The molecule has 0 saturated carbocycles. The summed E-state index contributed by atoms with van der Waals surface area (Å²) < 4.78 is 43.6. The van der Waals surface area contributed by atoms with Crippen LogP contribution in [0.25, 0.3) is 0 Å². The van der Waals surface area contributed by atoms with Crippen LogP contribution in [0.2, 0.25) is 0 Å². The van der Waals surface area contributed by atoms with Crippen LogP contribution in [0.5, 0.6) is 0 Å². The molecule has 2 aromatic heterocycles. The van der Waals surface area contributed by atoms with Gasteiger partial charge in [0.1, 0.15) is 5.69 Å². The number of allylic oxidation sites excluding steroid dienone is 2. The van der Waals surface area contributed by atoms with Crippen LogP contribution in [0.15, 0.2) is 89.3 Å². The average molecular weight is 541 g/mol. The van der Waals surface area contributed by atoms with E-state index in [9.17, 15) is 18.0 Å². The summed E-state index contributed by atoms with van der Waals surface area (Å²) in [4.78, 5) is 23.1. The highest BCUT2D eigenvalue weighted by Gasteiger charge is 2.46. The van der Waals surface area contributed by atoms with Gasteiger partial charge in [0.05, 0.1) is 28.1 Å². The van der Waals surface area contributed by atoms with Crippen LogP contribution in [-0.4, -0.2) is 32.8 Å². The van der Waals surface area contributed by atoms with Gasteiger partial charge in [-0.15, -0.1) is 0 Å². The van der Waals surface area contributed by atoms with E-state index in [1.807, 2.05) is 12.3 Å². The summed E-state index contributed by atoms with van der Waals surface area (Å²) in [5.74, 6) is -0.179. The predicted molar refractivity (Wildman–Crippen MR) is 143 cm³/mol. The van der Waals surface area contributed by atoms with Crippen molar-refractivity contribution >= 4 is 30.0 Å². The summed E-state index contributed by atoms with van der Waals surface area (Å²) >= 11 is 4.13. The van der Waals surface area contributed by atoms with Crippen molar-refractivity contribution in [2.75, 3.05) is 6.54 Å². The van der Waals surface area contributed by atoms with Crippen molar-refractivity contribution in [1.29, 1.82) is 0 Å². The molecule has 3 N–H and O–H groups in total. The molecule has 0 aliphatic heterocycles. The monoisotopic (exact) mass is 540 g/mol. The first-order chi connectivity index (χ1) is 18.2. The van der Waals surface area contributed by atoms with E-state index in [2.05, 4.69) is 32.6 Å². The number of aliphatic imine (C=N–C) groups is 1. The van der Waals surface area contributed by atoms with E-state index in [-0.39, 0.29) is 12.2 Å². The predicted octanol–water partition coefficient (Wildman–Crippen LogP) is 5.02. The van der Waals surface area contributed by atoms with Gasteiger partial charge < -0.3 is 5.73 Å². The number of thiol groups is 1. The molecule has 0 spiro atoms. The minimum Gasteiger partial charge on any atom is -0.404 e. The molecule has 1 aromatic carbocycles. The number of aryl methyl sites for hydroxylation is 1. The summed E-state index contributed by atoms with van der Waals surface area (Å²) in [7, 11) is 1.80. The van der Waals surface area contributed by atoms with E-state index in [4.69, 9.17) is 5.73 Å². The van der Waals surface area contributed by atoms with Crippen LogP contribution in [-0.2, 0) is 19.6 Å². The van der Waals surface area contributed by atoms with Gasteiger partial charge in [0.15, 0.2) is 5.78 Å². The van der Waals surface area contributed by atoms with Crippen molar-refractivity contribution < 1.29 is 18.0 Å². The molecule has 1 aliphatic rings. The quantitative estimate of drug-likeness (QED) is 0.276. The van der Waals surface area contributed by atoms with Crippen molar-refractivity contribution in [3.63, 3.8) is 0 Å². The van der Waals surface area contributed by atoms with Gasteiger partial charge in [-0.1, -0.05) is 24.5 Å². The number of nitrogens with two attached hydrogens (primary N) is 1. The molecule has 0 radical (unpaired) electrons. The van der Waals surface area contributed by atoms with Crippen molar-refractivity contribution in [2.45, 2.75) is 25.4 Å². The minimum atomic E-state index is -4.44. The lowest BCUT2D eigenvalue weighted by Gasteiger charge is -2.38. The number of hydrogen-bond donors (Lipinski definition) is 3. The first-order valence-corrected chi connectivity index (χ1v) is 12.3. The Bertz CT molecular complexity index is 1380. The van der Waals surface area contributed by atoms with Gasteiger partial charge in [0, 0.05) is 32.4 Å². The fourth-order valence-corrected chi connectivity index (χ4v) is 4.74.